The Labute approximate surface area is 133 Å². The van der Waals surface area contributed by atoms with Crippen LogP contribution in [0.25, 0.3) is 0 Å². The lowest BCUT2D eigenvalue weighted by molar-refractivity contribution is -0.151. The van der Waals surface area contributed by atoms with E-state index in [0.717, 1.165) is 25.0 Å². The van der Waals surface area contributed by atoms with Crippen molar-refractivity contribution in [3.63, 3.8) is 0 Å². The summed E-state index contributed by atoms with van der Waals surface area (Å²) in [7, 11) is 0. The van der Waals surface area contributed by atoms with Crippen LogP contribution in [0.3, 0.4) is 0 Å². The summed E-state index contributed by atoms with van der Waals surface area (Å²) in [6.45, 7) is 3.95. The summed E-state index contributed by atoms with van der Waals surface area (Å²) in [5.41, 5.74) is 0.114. The van der Waals surface area contributed by atoms with Crippen molar-refractivity contribution in [1.82, 2.24) is 9.80 Å². The van der Waals surface area contributed by atoms with Gasteiger partial charge in [-0.15, -0.1) is 0 Å². The number of thiol groups is 1. The van der Waals surface area contributed by atoms with Crippen molar-refractivity contribution in [3.05, 3.63) is 0 Å². The molecule has 4 nitrogen and oxygen atoms in total. The minimum atomic E-state index is 0.0967. The van der Waals surface area contributed by atoms with Gasteiger partial charge in [-0.2, -0.15) is 12.6 Å². The number of carbonyl (C=O) groups is 2. The maximum Gasteiger partial charge on any atom is 0.242 e. The van der Waals surface area contributed by atoms with Gasteiger partial charge < -0.3 is 9.80 Å². The molecular weight excluding hydrogens is 284 g/mol. The van der Waals surface area contributed by atoms with Crippen molar-refractivity contribution < 1.29 is 9.59 Å². The van der Waals surface area contributed by atoms with E-state index in [1.54, 1.807) is 9.80 Å². The molecule has 0 unspecified atom stereocenters. The first kappa shape index (κ1) is 16.7. The van der Waals surface area contributed by atoms with Gasteiger partial charge in [0.25, 0.3) is 0 Å². The zero-order valence-corrected chi connectivity index (χ0v) is 14.0. The molecule has 0 bridgehead atoms. The van der Waals surface area contributed by atoms with Crippen LogP contribution in [0.2, 0.25) is 0 Å². The van der Waals surface area contributed by atoms with Gasteiger partial charge in [-0.25, -0.2) is 0 Å². The van der Waals surface area contributed by atoms with Gasteiger partial charge in [0.1, 0.15) is 0 Å². The van der Waals surface area contributed by atoms with Crippen LogP contribution in [-0.2, 0) is 9.59 Å². The molecule has 1 aliphatic carbocycles. The second-order valence-corrected chi connectivity index (χ2v) is 6.95. The fraction of sp³-hybridized carbons (Fsp3) is 0.875. The molecule has 5 heteroatoms. The standard InChI is InChI=1S/C16H28N2O2S/c1-2-9-17-10-15(20)18(11-14(17)19)12-16(13-21)7-5-3-4-6-8-16/h21H,2-13H2,1H3. The minimum Gasteiger partial charge on any atom is -0.332 e. The third-order valence-electron chi connectivity index (χ3n) is 4.88. The largest absolute Gasteiger partial charge is 0.332 e. The first-order chi connectivity index (χ1) is 10.1. The van der Waals surface area contributed by atoms with Crippen LogP contribution in [0.4, 0.5) is 0 Å². The van der Waals surface area contributed by atoms with E-state index in [1.165, 1.54) is 25.7 Å². The molecule has 2 rings (SSSR count). The lowest BCUT2D eigenvalue weighted by Crippen LogP contribution is -2.56. The molecule has 2 amide bonds. The van der Waals surface area contributed by atoms with E-state index in [2.05, 4.69) is 12.6 Å². The second kappa shape index (κ2) is 7.52. The summed E-state index contributed by atoms with van der Waals surface area (Å²) in [5, 5.41) is 0. The highest BCUT2D eigenvalue weighted by Crippen LogP contribution is 2.37. The molecule has 0 aromatic rings. The van der Waals surface area contributed by atoms with Crippen LogP contribution < -0.4 is 0 Å². The van der Waals surface area contributed by atoms with Crippen molar-refractivity contribution in [3.8, 4) is 0 Å². The van der Waals surface area contributed by atoms with Crippen LogP contribution in [-0.4, -0.2) is 53.5 Å². The zero-order chi connectivity index (χ0) is 15.3. The lowest BCUT2D eigenvalue weighted by Gasteiger charge is -2.40. The molecule has 1 aliphatic heterocycles. The van der Waals surface area contributed by atoms with Crippen molar-refractivity contribution in [1.29, 1.82) is 0 Å². The Hall–Kier alpha value is -0.710. The Balaban J connectivity index is 2.01. The van der Waals surface area contributed by atoms with Crippen molar-refractivity contribution in [2.24, 2.45) is 5.41 Å². The number of hydrogen-bond acceptors (Lipinski definition) is 3. The molecule has 2 fully saturated rings. The Kier molecular flexibility index (Phi) is 5.97. The number of rotatable bonds is 5. The Morgan fingerprint density at radius 2 is 1.57 bits per heavy atom. The summed E-state index contributed by atoms with van der Waals surface area (Å²) in [5.74, 6) is 1.01. The number of carbonyl (C=O) groups excluding carboxylic acids is 2. The Morgan fingerprint density at radius 1 is 1.00 bits per heavy atom. The number of nitrogens with zero attached hydrogens (tertiary/aromatic N) is 2. The smallest absolute Gasteiger partial charge is 0.242 e. The fourth-order valence-corrected chi connectivity index (χ4v) is 3.99. The predicted octanol–water partition coefficient (Wildman–Crippen LogP) is 2.34. The average Bonchev–Trinajstić information content (AvgIpc) is 2.71. The molecule has 1 heterocycles. The van der Waals surface area contributed by atoms with E-state index < -0.39 is 0 Å². The molecule has 120 valence electrons. The number of piperazine rings is 1. The summed E-state index contributed by atoms with van der Waals surface area (Å²) < 4.78 is 0. The van der Waals surface area contributed by atoms with Crippen LogP contribution in [0.5, 0.6) is 0 Å². The molecule has 0 atom stereocenters. The van der Waals surface area contributed by atoms with Crippen LogP contribution in [0.15, 0.2) is 0 Å². The summed E-state index contributed by atoms with van der Waals surface area (Å²) >= 11 is 4.57. The van der Waals surface area contributed by atoms with Crippen LogP contribution >= 0.6 is 12.6 Å². The molecule has 0 aromatic heterocycles. The SMILES string of the molecule is CCCN1CC(=O)N(CC2(CS)CCCCCC2)CC1=O. The molecule has 0 aromatic carbocycles. The second-order valence-electron chi connectivity index (χ2n) is 6.64. The third kappa shape index (κ3) is 4.15. The predicted molar refractivity (Wildman–Crippen MR) is 87.4 cm³/mol. The third-order valence-corrected chi connectivity index (χ3v) is 5.55. The molecule has 0 N–H and O–H groups in total. The van der Waals surface area contributed by atoms with Gasteiger partial charge in [-0.3, -0.25) is 9.59 Å². The fourth-order valence-electron chi connectivity index (χ4n) is 3.57. The molecular formula is C16H28N2O2S. The monoisotopic (exact) mass is 312 g/mol. The molecule has 2 aliphatic rings. The van der Waals surface area contributed by atoms with E-state index in [1.807, 2.05) is 6.92 Å². The number of hydrogen-bond donors (Lipinski definition) is 1. The Bertz CT molecular complexity index is 378. The van der Waals surface area contributed by atoms with Gasteiger partial charge in [-0.05, 0) is 30.4 Å². The van der Waals surface area contributed by atoms with Gasteiger partial charge in [0.05, 0.1) is 13.1 Å². The first-order valence-corrected chi connectivity index (χ1v) is 8.90. The number of amides is 2. The Morgan fingerprint density at radius 3 is 2.14 bits per heavy atom. The molecule has 1 saturated carbocycles. The highest BCUT2D eigenvalue weighted by Gasteiger charge is 2.37. The average molecular weight is 312 g/mol. The topological polar surface area (TPSA) is 40.6 Å². The molecule has 21 heavy (non-hydrogen) atoms. The maximum atomic E-state index is 12.3. The maximum absolute atomic E-state index is 12.3. The molecule has 1 saturated heterocycles. The van der Waals surface area contributed by atoms with Crippen LogP contribution in [0, 0.1) is 5.41 Å². The van der Waals surface area contributed by atoms with E-state index in [0.29, 0.717) is 13.1 Å². The molecule has 0 radical (unpaired) electrons. The molecule has 0 spiro atoms. The first-order valence-electron chi connectivity index (χ1n) is 8.27. The van der Waals surface area contributed by atoms with Crippen molar-refractivity contribution >= 4 is 24.4 Å². The lowest BCUT2D eigenvalue weighted by atomic mass is 9.81. The summed E-state index contributed by atoms with van der Waals surface area (Å²) in [4.78, 5) is 28.0. The highest BCUT2D eigenvalue weighted by atomic mass is 32.1. The quantitative estimate of drug-likeness (QED) is 0.625. The van der Waals surface area contributed by atoms with Gasteiger partial charge in [0.2, 0.25) is 11.8 Å². The van der Waals surface area contributed by atoms with E-state index in [9.17, 15) is 9.59 Å². The van der Waals surface area contributed by atoms with Crippen molar-refractivity contribution in [2.45, 2.75) is 51.9 Å². The highest BCUT2D eigenvalue weighted by molar-refractivity contribution is 7.80. The normalized spacial score (nSPS) is 23.3. The summed E-state index contributed by atoms with van der Waals surface area (Å²) in [6.07, 6.45) is 8.18. The van der Waals surface area contributed by atoms with Gasteiger partial charge in [-0.1, -0.05) is 32.6 Å². The summed E-state index contributed by atoms with van der Waals surface area (Å²) in [6, 6.07) is 0. The van der Waals surface area contributed by atoms with Gasteiger partial charge in [0.15, 0.2) is 0 Å². The van der Waals surface area contributed by atoms with Gasteiger partial charge in [0, 0.05) is 13.1 Å². The minimum absolute atomic E-state index is 0.0967. The van der Waals surface area contributed by atoms with Crippen LogP contribution in [0.1, 0.15) is 51.9 Å². The van der Waals surface area contributed by atoms with Gasteiger partial charge >= 0.3 is 0 Å². The van der Waals surface area contributed by atoms with E-state index >= 15 is 0 Å². The van der Waals surface area contributed by atoms with E-state index in [-0.39, 0.29) is 30.3 Å². The van der Waals surface area contributed by atoms with Crippen molar-refractivity contribution in [2.75, 3.05) is 31.9 Å². The zero-order valence-electron chi connectivity index (χ0n) is 13.1. The van der Waals surface area contributed by atoms with E-state index in [4.69, 9.17) is 0 Å².